The van der Waals surface area contributed by atoms with Crippen LogP contribution in [-0.2, 0) is 19.4 Å². The summed E-state index contributed by atoms with van der Waals surface area (Å²) < 4.78 is 2.26. The molecule has 3 heterocycles. The van der Waals surface area contributed by atoms with Crippen LogP contribution in [0.25, 0.3) is 0 Å². The first-order chi connectivity index (χ1) is 8.33. The summed E-state index contributed by atoms with van der Waals surface area (Å²) in [6.07, 6.45) is 5.62. The third kappa shape index (κ3) is 2.35. The lowest BCUT2D eigenvalue weighted by Crippen LogP contribution is -2.34. The van der Waals surface area contributed by atoms with E-state index in [2.05, 4.69) is 20.1 Å². The number of piperidine rings is 1. The average molecular weight is 235 g/mol. The largest absolute Gasteiger partial charge is 0.326 e. The van der Waals surface area contributed by atoms with Gasteiger partial charge in [-0.1, -0.05) is 0 Å². The second-order valence-corrected chi connectivity index (χ2v) is 5.34. The van der Waals surface area contributed by atoms with Gasteiger partial charge in [0.2, 0.25) is 0 Å². The smallest absolute Gasteiger partial charge is 0.133 e. The normalized spacial score (nSPS) is 25.8. The zero-order valence-corrected chi connectivity index (χ0v) is 10.2. The van der Waals surface area contributed by atoms with Crippen molar-refractivity contribution in [2.24, 2.45) is 11.7 Å². The van der Waals surface area contributed by atoms with Crippen molar-refractivity contribution in [3.63, 3.8) is 0 Å². The Kier molecular flexibility index (Phi) is 3.11. The van der Waals surface area contributed by atoms with Crippen molar-refractivity contribution in [3.8, 4) is 0 Å². The maximum atomic E-state index is 6.02. The molecule has 0 aliphatic carbocycles. The number of rotatable bonds is 2. The third-order valence-corrected chi connectivity index (χ3v) is 3.99. The van der Waals surface area contributed by atoms with Crippen molar-refractivity contribution < 1.29 is 0 Å². The Balaban J connectivity index is 1.72. The maximum Gasteiger partial charge on any atom is 0.133 e. The average Bonchev–Trinajstić information content (AvgIpc) is 2.73. The predicted octanol–water partition coefficient (Wildman–Crippen LogP) is 0.0937. The number of nitrogens with two attached hydrogens (primary N) is 1. The Bertz CT molecular complexity index is 380. The zero-order chi connectivity index (χ0) is 11.7. The lowest BCUT2D eigenvalue weighted by molar-refractivity contribution is 0.356. The van der Waals surface area contributed by atoms with Gasteiger partial charge in [0.05, 0.1) is 0 Å². The number of hydrogen-bond donors (Lipinski definition) is 2. The van der Waals surface area contributed by atoms with Crippen molar-refractivity contribution in [2.75, 3.05) is 13.1 Å². The summed E-state index contributed by atoms with van der Waals surface area (Å²) in [5.41, 5.74) is 6.02. The van der Waals surface area contributed by atoms with E-state index in [1.165, 1.54) is 12.8 Å². The second-order valence-electron chi connectivity index (χ2n) is 5.34. The van der Waals surface area contributed by atoms with Crippen LogP contribution in [0.4, 0.5) is 0 Å². The number of fused-ring (bicyclic) bond motifs is 1. The first-order valence-electron chi connectivity index (χ1n) is 6.70. The Labute approximate surface area is 102 Å². The van der Waals surface area contributed by atoms with Crippen LogP contribution in [0, 0.1) is 5.92 Å². The van der Waals surface area contributed by atoms with E-state index in [-0.39, 0.29) is 6.04 Å². The quantitative estimate of drug-likeness (QED) is 0.762. The Morgan fingerprint density at radius 3 is 2.88 bits per heavy atom. The number of hydrogen-bond acceptors (Lipinski definition) is 4. The van der Waals surface area contributed by atoms with Gasteiger partial charge in [-0.15, -0.1) is 10.2 Å². The molecule has 1 aromatic rings. The monoisotopic (exact) mass is 235 g/mol. The standard InChI is InChI=1S/C12H21N5/c13-10-1-2-11-15-16-12(17(11)8-10)7-9-3-5-14-6-4-9/h9-10,14H,1-8,13H2. The molecule has 1 unspecified atom stereocenters. The van der Waals surface area contributed by atoms with Gasteiger partial charge >= 0.3 is 0 Å². The summed E-state index contributed by atoms with van der Waals surface area (Å²) in [4.78, 5) is 0. The molecule has 1 fully saturated rings. The lowest BCUT2D eigenvalue weighted by Gasteiger charge is -2.24. The molecule has 0 bridgehead atoms. The molecule has 0 radical (unpaired) electrons. The summed E-state index contributed by atoms with van der Waals surface area (Å²) in [7, 11) is 0. The topological polar surface area (TPSA) is 68.8 Å². The fraction of sp³-hybridized carbons (Fsp3) is 0.833. The molecule has 94 valence electrons. The van der Waals surface area contributed by atoms with Gasteiger partial charge in [-0.05, 0) is 38.3 Å². The van der Waals surface area contributed by atoms with Gasteiger partial charge < -0.3 is 15.6 Å². The number of aromatic nitrogens is 3. The van der Waals surface area contributed by atoms with E-state index in [1.807, 2.05) is 0 Å². The Hall–Kier alpha value is -0.940. The molecular formula is C12H21N5. The number of nitrogens with one attached hydrogen (secondary N) is 1. The van der Waals surface area contributed by atoms with E-state index in [1.54, 1.807) is 0 Å². The van der Waals surface area contributed by atoms with Crippen LogP contribution >= 0.6 is 0 Å². The summed E-state index contributed by atoms with van der Waals surface area (Å²) in [6, 6.07) is 0.283. The fourth-order valence-corrected chi connectivity index (χ4v) is 2.90. The van der Waals surface area contributed by atoms with Crippen molar-refractivity contribution in [3.05, 3.63) is 11.6 Å². The van der Waals surface area contributed by atoms with Gasteiger partial charge in [0.1, 0.15) is 11.6 Å². The highest BCUT2D eigenvalue weighted by Gasteiger charge is 2.23. The molecule has 0 amide bonds. The zero-order valence-electron chi connectivity index (χ0n) is 10.2. The highest BCUT2D eigenvalue weighted by Crippen LogP contribution is 2.20. The molecule has 2 aliphatic heterocycles. The minimum atomic E-state index is 0.283. The van der Waals surface area contributed by atoms with Crippen LogP contribution in [0.5, 0.6) is 0 Å². The number of aryl methyl sites for hydroxylation is 1. The van der Waals surface area contributed by atoms with Crippen LogP contribution in [-0.4, -0.2) is 33.9 Å². The van der Waals surface area contributed by atoms with Crippen molar-refractivity contribution >= 4 is 0 Å². The second kappa shape index (κ2) is 4.74. The molecule has 17 heavy (non-hydrogen) atoms. The van der Waals surface area contributed by atoms with E-state index >= 15 is 0 Å². The van der Waals surface area contributed by atoms with E-state index in [0.717, 1.165) is 56.5 Å². The van der Waals surface area contributed by atoms with Gasteiger partial charge in [0.25, 0.3) is 0 Å². The van der Waals surface area contributed by atoms with Crippen molar-refractivity contribution in [1.82, 2.24) is 20.1 Å². The van der Waals surface area contributed by atoms with E-state index < -0.39 is 0 Å². The maximum absolute atomic E-state index is 6.02. The van der Waals surface area contributed by atoms with Gasteiger partial charge in [-0.3, -0.25) is 0 Å². The van der Waals surface area contributed by atoms with Gasteiger partial charge in [0.15, 0.2) is 0 Å². The predicted molar refractivity (Wildman–Crippen MR) is 65.6 cm³/mol. The molecule has 5 heteroatoms. The minimum Gasteiger partial charge on any atom is -0.326 e. The summed E-state index contributed by atoms with van der Waals surface area (Å²) in [5, 5.41) is 12.1. The third-order valence-electron chi connectivity index (χ3n) is 3.99. The molecule has 3 rings (SSSR count). The molecule has 0 saturated carbocycles. The summed E-state index contributed by atoms with van der Waals surface area (Å²) in [6.45, 7) is 3.19. The fourth-order valence-electron chi connectivity index (χ4n) is 2.90. The van der Waals surface area contributed by atoms with Crippen LogP contribution in [0.15, 0.2) is 0 Å². The van der Waals surface area contributed by atoms with Gasteiger partial charge in [0, 0.05) is 25.4 Å². The number of nitrogens with zero attached hydrogens (tertiary/aromatic N) is 3. The SMILES string of the molecule is NC1CCc2nnc(CC3CCNCC3)n2C1. The van der Waals surface area contributed by atoms with E-state index in [0.29, 0.717) is 0 Å². The Morgan fingerprint density at radius 2 is 2.06 bits per heavy atom. The van der Waals surface area contributed by atoms with Gasteiger partial charge in [-0.2, -0.15) is 0 Å². The molecule has 3 N–H and O–H groups in total. The Morgan fingerprint density at radius 1 is 1.24 bits per heavy atom. The van der Waals surface area contributed by atoms with E-state index in [4.69, 9.17) is 5.73 Å². The molecule has 1 saturated heterocycles. The molecular weight excluding hydrogens is 214 g/mol. The summed E-state index contributed by atoms with van der Waals surface area (Å²) >= 11 is 0. The molecule has 5 nitrogen and oxygen atoms in total. The minimum absolute atomic E-state index is 0.283. The highest BCUT2D eigenvalue weighted by molar-refractivity contribution is 5.02. The summed E-state index contributed by atoms with van der Waals surface area (Å²) in [5.74, 6) is 3.06. The van der Waals surface area contributed by atoms with Crippen molar-refractivity contribution in [1.29, 1.82) is 0 Å². The first kappa shape index (κ1) is 11.2. The highest BCUT2D eigenvalue weighted by atomic mass is 15.3. The van der Waals surface area contributed by atoms with Crippen molar-refractivity contribution in [2.45, 2.75) is 44.7 Å². The van der Waals surface area contributed by atoms with Gasteiger partial charge in [-0.25, -0.2) is 0 Å². The molecule has 1 aromatic heterocycles. The molecule has 0 spiro atoms. The van der Waals surface area contributed by atoms with Crippen LogP contribution < -0.4 is 11.1 Å². The molecule has 1 atom stereocenters. The molecule has 0 aromatic carbocycles. The van der Waals surface area contributed by atoms with Crippen LogP contribution in [0.2, 0.25) is 0 Å². The first-order valence-corrected chi connectivity index (χ1v) is 6.70. The molecule has 2 aliphatic rings. The van der Waals surface area contributed by atoms with E-state index in [9.17, 15) is 0 Å². The lowest BCUT2D eigenvalue weighted by atomic mass is 9.94. The van der Waals surface area contributed by atoms with Crippen LogP contribution in [0.3, 0.4) is 0 Å². The van der Waals surface area contributed by atoms with Crippen LogP contribution in [0.1, 0.15) is 30.9 Å².